The molecular formula is C13H21N3O2S. The van der Waals surface area contributed by atoms with Crippen molar-refractivity contribution in [3.63, 3.8) is 0 Å². The van der Waals surface area contributed by atoms with Gasteiger partial charge in [0, 0.05) is 18.3 Å². The molecule has 0 amide bonds. The van der Waals surface area contributed by atoms with Crippen molar-refractivity contribution in [1.82, 2.24) is 4.31 Å². The van der Waals surface area contributed by atoms with Crippen LogP contribution in [0.5, 0.6) is 0 Å². The highest BCUT2D eigenvalue weighted by molar-refractivity contribution is 7.89. The second kappa shape index (κ2) is 5.48. The Balaban J connectivity index is 2.30. The molecule has 0 spiro atoms. The van der Waals surface area contributed by atoms with E-state index in [9.17, 15) is 8.42 Å². The van der Waals surface area contributed by atoms with Crippen LogP contribution in [0.3, 0.4) is 0 Å². The van der Waals surface area contributed by atoms with Gasteiger partial charge < -0.3 is 5.43 Å². The predicted octanol–water partition coefficient (Wildman–Crippen LogP) is 1.78. The fraction of sp³-hybridized carbons (Fsp3) is 0.538. The smallest absolute Gasteiger partial charge is 0.243 e. The number of benzene rings is 1. The third-order valence-corrected chi connectivity index (χ3v) is 5.58. The van der Waals surface area contributed by atoms with Gasteiger partial charge in [-0.05, 0) is 43.0 Å². The number of nitrogens with zero attached hydrogens (tertiary/aromatic N) is 1. The van der Waals surface area contributed by atoms with Crippen LogP contribution in [0.4, 0.5) is 5.69 Å². The van der Waals surface area contributed by atoms with Gasteiger partial charge in [0.05, 0.1) is 4.90 Å². The summed E-state index contributed by atoms with van der Waals surface area (Å²) >= 11 is 0. The molecule has 1 fully saturated rings. The molecule has 6 heteroatoms. The van der Waals surface area contributed by atoms with Gasteiger partial charge in [0.2, 0.25) is 10.0 Å². The van der Waals surface area contributed by atoms with Gasteiger partial charge >= 0.3 is 0 Å². The molecule has 2 rings (SSSR count). The molecular weight excluding hydrogens is 262 g/mol. The lowest BCUT2D eigenvalue weighted by atomic mass is 10.0. The van der Waals surface area contributed by atoms with Crippen LogP contribution in [-0.2, 0) is 10.0 Å². The first-order valence-electron chi connectivity index (χ1n) is 6.55. The summed E-state index contributed by atoms with van der Waals surface area (Å²) in [5, 5.41) is 0. The fourth-order valence-electron chi connectivity index (χ4n) is 2.59. The fourth-order valence-corrected chi connectivity index (χ4v) is 4.41. The van der Waals surface area contributed by atoms with E-state index in [1.54, 1.807) is 28.6 Å². The third kappa shape index (κ3) is 2.75. The Labute approximate surface area is 114 Å². The first-order chi connectivity index (χ1) is 8.96. The van der Waals surface area contributed by atoms with Crippen molar-refractivity contribution in [2.24, 2.45) is 11.8 Å². The predicted molar refractivity (Wildman–Crippen MR) is 76.0 cm³/mol. The summed E-state index contributed by atoms with van der Waals surface area (Å²) in [5.41, 5.74) is 3.19. The van der Waals surface area contributed by atoms with E-state index in [-0.39, 0.29) is 6.04 Å². The molecule has 106 valence electrons. The minimum atomic E-state index is -3.39. The van der Waals surface area contributed by atoms with E-state index in [1.165, 1.54) is 0 Å². The average Bonchev–Trinajstić information content (AvgIpc) is 2.89. The van der Waals surface area contributed by atoms with Crippen LogP contribution >= 0.6 is 0 Å². The molecule has 1 aliphatic heterocycles. The van der Waals surface area contributed by atoms with E-state index in [0.29, 0.717) is 23.0 Å². The van der Waals surface area contributed by atoms with Gasteiger partial charge in [-0.2, -0.15) is 4.31 Å². The van der Waals surface area contributed by atoms with Crippen molar-refractivity contribution >= 4 is 15.7 Å². The van der Waals surface area contributed by atoms with Gasteiger partial charge in [-0.15, -0.1) is 0 Å². The van der Waals surface area contributed by atoms with Gasteiger partial charge in [-0.3, -0.25) is 5.84 Å². The summed E-state index contributed by atoms with van der Waals surface area (Å²) in [6.07, 6.45) is 1.88. The van der Waals surface area contributed by atoms with Gasteiger partial charge in [-0.25, -0.2) is 8.42 Å². The normalized spacial score (nSPS) is 20.9. The number of nitrogens with two attached hydrogens (primary N) is 1. The molecule has 1 aromatic carbocycles. The summed E-state index contributed by atoms with van der Waals surface area (Å²) in [4.78, 5) is 0.332. The monoisotopic (exact) mass is 283 g/mol. The quantitative estimate of drug-likeness (QED) is 0.652. The molecule has 19 heavy (non-hydrogen) atoms. The molecule has 1 aliphatic rings. The number of hydrogen-bond donors (Lipinski definition) is 2. The number of nitrogen functional groups attached to an aromatic ring is 1. The lowest BCUT2D eigenvalue weighted by Gasteiger charge is -2.26. The summed E-state index contributed by atoms with van der Waals surface area (Å²) in [6.45, 7) is 4.75. The lowest BCUT2D eigenvalue weighted by molar-refractivity contribution is 0.316. The molecule has 5 nitrogen and oxygen atoms in total. The Bertz CT molecular complexity index is 525. The van der Waals surface area contributed by atoms with Crippen LogP contribution in [0.1, 0.15) is 26.7 Å². The Morgan fingerprint density at radius 1 is 1.32 bits per heavy atom. The molecule has 1 aromatic rings. The van der Waals surface area contributed by atoms with E-state index in [4.69, 9.17) is 5.84 Å². The Morgan fingerprint density at radius 2 is 1.95 bits per heavy atom. The third-order valence-electron chi connectivity index (χ3n) is 3.65. The Morgan fingerprint density at radius 3 is 2.47 bits per heavy atom. The second-order valence-electron chi connectivity index (χ2n) is 5.24. The van der Waals surface area contributed by atoms with E-state index in [0.717, 1.165) is 12.8 Å². The lowest BCUT2D eigenvalue weighted by Crippen LogP contribution is -2.38. The van der Waals surface area contributed by atoms with E-state index in [2.05, 4.69) is 19.3 Å². The number of sulfonamides is 1. The largest absolute Gasteiger partial charge is 0.324 e. The van der Waals surface area contributed by atoms with Gasteiger partial charge in [0.1, 0.15) is 0 Å². The van der Waals surface area contributed by atoms with Crippen molar-refractivity contribution in [3.05, 3.63) is 24.3 Å². The van der Waals surface area contributed by atoms with Crippen LogP contribution in [0.2, 0.25) is 0 Å². The van der Waals surface area contributed by atoms with E-state index < -0.39 is 10.0 Å². The molecule has 0 saturated carbocycles. The molecule has 1 atom stereocenters. The highest BCUT2D eigenvalue weighted by Gasteiger charge is 2.36. The van der Waals surface area contributed by atoms with Gasteiger partial charge in [0.15, 0.2) is 0 Å². The molecule has 0 aliphatic carbocycles. The van der Waals surface area contributed by atoms with Crippen LogP contribution < -0.4 is 11.3 Å². The maximum Gasteiger partial charge on any atom is 0.243 e. The zero-order chi connectivity index (χ0) is 14.0. The summed E-state index contributed by atoms with van der Waals surface area (Å²) in [5.74, 6) is 5.62. The maximum absolute atomic E-state index is 12.6. The Hall–Kier alpha value is -1.11. The van der Waals surface area contributed by atoms with Crippen LogP contribution in [-0.4, -0.2) is 25.3 Å². The van der Waals surface area contributed by atoms with Crippen molar-refractivity contribution < 1.29 is 8.42 Å². The molecule has 1 heterocycles. The molecule has 0 bridgehead atoms. The topological polar surface area (TPSA) is 75.4 Å². The van der Waals surface area contributed by atoms with Crippen molar-refractivity contribution in [3.8, 4) is 0 Å². The number of hydrazine groups is 1. The number of rotatable bonds is 4. The Kier molecular flexibility index (Phi) is 4.13. The molecule has 3 N–H and O–H groups in total. The SMILES string of the molecule is CC(C)C1CCCN1S(=O)(=O)c1ccc(NN)cc1. The molecule has 1 unspecified atom stereocenters. The standard InChI is InChI=1S/C13H21N3O2S/c1-10(2)13-4-3-9-16(13)19(17,18)12-7-5-11(15-14)6-8-12/h5-8,10,13,15H,3-4,9,14H2,1-2H3. The number of hydrogen-bond acceptors (Lipinski definition) is 4. The average molecular weight is 283 g/mol. The highest BCUT2D eigenvalue weighted by Crippen LogP contribution is 2.30. The van der Waals surface area contributed by atoms with Crippen molar-refractivity contribution in [2.75, 3.05) is 12.0 Å². The zero-order valence-electron chi connectivity index (χ0n) is 11.3. The van der Waals surface area contributed by atoms with Gasteiger partial charge in [0.25, 0.3) is 0 Å². The van der Waals surface area contributed by atoms with Crippen LogP contribution in [0.15, 0.2) is 29.2 Å². The molecule has 0 radical (unpaired) electrons. The number of nitrogens with one attached hydrogen (secondary N) is 1. The van der Waals surface area contributed by atoms with E-state index in [1.807, 2.05) is 0 Å². The first kappa shape index (κ1) is 14.3. The summed E-state index contributed by atoms with van der Waals surface area (Å²) < 4.78 is 26.9. The van der Waals surface area contributed by atoms with Crippen LogP contribution in [0.25, 0.3) is 0 Å². The van der Waals surface area contributed by atoms with Crippen LogP contribution in [0, 0.1) is 5.92 Å². The molecule has 0 aromatic heterocycles. The van der Waals surface area contributed by atoms with Gasteiger partial charge in [-0.1, -0.05) is 13.8 Å². The van der Waals surface area contributed by atoms with E-state index >= 15 is 0 Å². The zero-order valence-corrected chi connectivity index (χ0v) is 12.2. The summed E-state index contributed by atoms with van der Waals surface area (Å²) in [6, 6.07) is 6.65. The minimum absolute atomic E-state index is 0.109. The summed E-state index contributed by atoms with van der Waals surface area (Å²) in [7, 11) is -3.39. The van der Waals surface area contributed by atoms with Crippen molar-refractivity contribution in [2.45, 2.75) is 37.6 Å². The van der Waals surface area contributed by atoms with Crippen molar-refractivity contribution in [1.29, 1.82) is 0 Å². The maximum atomic E-state index is 12.6. The second-order valence-corrected chi connectivity index (χ2v) is 7.13. The highest BCUT2D eigenvalue weighted by atomic mass is 32.2. The molecule has 1 saturated heterocycles. The first-order valence-corrected chi connectivity index (χ1v) is 7.99. The minimum Gasteiger partial charge on any atom is -0.324 e. The number of anilines is 1.